The van der Waals surface area contributed by atoms with E-state index < -0.39 is 0 Å². The van der Waals surface area contributed by atoms with Crippen molar-refractivity contribution in [3.8, 4) is 0 Å². The average Bonchev–Trinajstić information content (AvgIpc) is 2.92. The van der Waals surface area contributed by atoms with E-state index in [-0.39, 0.29) is 0 Å². The maximum absolute atomic E-state index is 5.73. The van der Waals surface area contributed by atoms with Crippen molar-refractivity contribution < 1.29 is 4.74 Å². The fourth-order valence-electron chi connectivity index (χ4n) is 4.56. The SMILES string of the molecule is CCCNC1COCC1CN1CCC2C(CCCN2C)C1. The number of ether oxygens (including phenoxy) is 1. The van der Waals surface area contributed by atoms with E-state index in [0.29, 0.717) is 12.0 Å². The Morgan fingerprint density at radius 2 is 2.10 bits per heavy atom. The molecule has 0 radical (unpaired) electrons. The van der Waals surface area contributed by atoms with Gasteiger partial charge in [-0.3, -0.25) is 0 Å². The van der Waals surface area contributed by atoms with E-state index in [0.717, 1.165) is 31.7 Å². The van der Waals surface area contributed by atoms with Crippen LogP contribution < -0.4 is 5.32 Å². The molecule has 3 aliphatic rings. The standard InChI is InChI=1S/C17H33N3O/c1-3-7-18-16-13-21-12-15(16)11-20-9-6-17-14(10-20)5-4-8-19(17)2/h14-18H,3-13H2,1-2H3. The van der Waals surface area contributed by atoms with E-state index in [1.165, 1.54) is 51.9 Å². The lowest BCUT2D eigenvalue weighted by atomic mass is 9.84. The van der Waals surface area contributed by atoms with Crippen LogP contribution in [0.25, 0.3) is 0 Å². The first kappa shape index (κ1) is 15.7. The molecule has 1 N–H and O–H groups in total. The fraction of sp³-hybridized carbons (Fsp3) is 1.00. The Hall–Kier alpha value is -0.160. The highest BCUT2D eigenvalue weighted by Crippen LogP contribution is 2.30. The van der Waals surface area contributed by atoms with Gasteiger partial charge in [0.05, 0.1) is 13.2 Å². The minimum Gasteiger partial charge on any atom is -0.379 e. The summed E-state index contributed by atoms with van der Waals surface area (Å²) in [7, 11) is 2.32. The van der Waals surface area contributed by atoms with Gasteiger partial charge in [-0.15, -0.1) is 0 Å². The van der Waals surface area contributed by atoms with Crippen LogP contribution in [-0.2, 0) is 4.74 Å². The first-order valence-electron chi connectivity index (χ1n) is 9.01. The lowest BCUT2D eigenvalue weighted by molar-refractivity contribution is 0.0305. The number of rotatable bonds is 5. The van der Waals surface area contributed by atoms with Gasteiger partial charge in [-0.2, -0.15) is 0 Å². The molecule has 3 heterocycles. The number of piperidine rings is 2. The number of hydrogen-bond donors (Lipinski definition) is 1. The van der Waals surface area contributed by atoms with Gasteiger partial charge >= 0.3 is 0 Å². The van der Waals surface area contributed by atoms with Crippen LogP contribution in [0.4, 0.5) is 0 Å². The lowest BCUT2D eigenvalue weighted by Gasteiger charge is -2.46. The second-order valence-corrected chi connectivity index (χ2v) is 7.36. The Morgan fingerprint density at radius 1 is 1.19 bits per heavy atom. The second-order valence-electron chi connectivity index (χ2n) is 7.36. The van der Waals surface area contributed by atoms with E-state index in [9.17, 15) is 0 Å². The molecule has 3 rings (SSSR count). The van der Waals surface area contributed by atoms with Gasteiger partial charge in [-0.1, -0.05) is 6.92 Å². The molecule has 3 fully saturated rings. The Balaban J connectivity index is 1.49. The molecule has 0 aromatic rings. The lowest BCUT2D eigenvalue weighted by Crippen LogP contribution is -2.54. The van der Waals surface area contributed by atoms with Crippen molar-refractivity contribution in [1.29, 1.82) is 0 Å². The molecule has 0 saturated carbocycles. The van der Waals surface area contributed by atoms with Crippen LogP contribution in [0.3, 0.4) is 0 Å². The molecule has 0 aliphatic carbocycles. The summed E-state index contributed by atoms with van der Waals surface area (Å²) in [6.07, 6.45) is 5.40. The van der Waals surface area contributed by atoms with Crippen LogP contribution in [0, 0.1) is 11.8 Å². The van der Waals surface area contributed by atoms with Crippen LogP contribution in [0.1, 0.15) is 32.6 Å². The van der Waals surface area contributed by atoms with Gasteiger partial charge in [-0.05, 0) is 58.3 Å². The Morgan fingerprint density at radius 3 is 2.95 bits per heavy atom. The molecule has 0 amide bonds. The molecular weight excluding hydrogens is 262 g/mol. The van der Waals surface area contributed by atoms with Crippen molar-refractivity contribution in [2.45, 2.75) is 44.7 Å². The molecule has 3 aliphatic heterocycles. The van der Waals surface area contributed by atoms with Crippen molar-refractivity contribution in [2.75, 3.05) is 53.0 Å². The van der Waals surface area contributed by atoms with Gasteiger partial charge in [0.1, 0.15) is 0 Å². The van der Waals surface area contributed by atoms with Gasteiger partial charge < -0.3 is 19.9 Å². The summed E-state index contributed by atoms with van der Waals surface area (Å²) in [5.74, 6) is 1.59. The average molecular weight is 295 g/mol. The Labute approximate surface area is 130 Å². The molecule has 21 heavy (non-hydrogen) atoms. The van der Waals surface area contributed by atoms with E-state index in [1.807, 2.05) is 0 Å². The van der Waals surface area contributed by atoms with Crippen LogP contribution in [-0.4, -0.2) is 74.9 Å². The molecule has 0 aromatic carbocycles. The minimum absolute atomic E-state index is 0.580. The third kappa shape index (κ3) is 3.79. The van der Waals surface area contributed by atoms with Gasteiger partial charge in [0.15, 0.2) is 0 Å². The maximum Gasteiger partial charge on any atom is 0.0623 e. The van der Waals surface area contributed by atoms with Crippen molar-refractivity contribution in [2.24, 2.45) is 11.8 Å². The number of hydrogen-bond acceptors (Lipinski definition) is 4. The van der Waals surface area contributed by atoms with E-state index in [2.05, 4.69) is 29.1 Å². The first-order valence-corrected chi connectivity index (χ1v) is 9.01. The summed E-state index contributed by atoms with van der Waals surface area (Å²) < 4.78 is 5.73. The molecule has 4 heteroatoms. The number of nitrogens with zero attached hydrogens (tertiary/aromatic N) is 2. The number of fused-ring (bicyclic) bond motifs is 1. The van der Waals surface area contributed by atoms with Crippen LogP contribution >= 0.6 is 0 Å². The van der Waals surface area contributed by atoms with Gasteiger partial charge in [-0.25, -0.2) is 0 Å². The highest BCUT2D eigenvalue weighted by Gasteiger charge is 2.36. The van der Waals surface area contributed by atoms with Crippen molar-refractivity contribution >= 4 is 0 Å². The maximum atomic E-state index is 5.73. The smallest absolute Gasteiger partial charge is 0.0623 e. The highest BCUT2D eigenvalue weighted by atomic mass is 16.5. The Bertz CT molecular complexity index is 325. The summed E-state index contributed by atoms with van der Waals surface area (Å²) in [6.45, 7) is 10.4. The monoisotopic (exact) mass is 295 g/mol. The first-order chi connectivity index (χ1) is 10.3. The molecule has 0 aromatic heterocycles. The zero-order valence-corrected chi connectivity index (χ0v) is 13.9. The molecular formula is C17H33N3O. The van der Waals surface area contributed by atoms with E-state index in [4.69, 9.17) is 4.74 Å². The summed E-state index contributed by atoms with van der Waals surface area (Å²) in [5, 5.41) is 3.67. The van der Waals surface area contributed by atoms with E-state index >= 15 is 0 Å². The summed E-state index contributed by atoms with van der Waals surface area (Å²) >= 11 is 0. The number of likely N-dealkylation sites (tertiary alicyclic amines) is 2. The molecule has 4 nitrogen and oxygen atoms in total. The van der Waals surface area contributed by atoms with Crippen LogP contribution in [0.5, 0.6) is 0 Å². The topological polar surface area (TPSA) is 27.7 Å². The summed E-state index contributed by atoms with van der Waals surface area (Å²) in [4.78, 5) is 5.33. The summed E-state index contributed by atoms with van der Waals surface area (Å²) in [6, 6.07) is 1.43. The highest BCUT2D eigenvalue weighted by molar-refractivity contribution is 4.91. The Kier molecular flexibility index (Phi) is 5.54. The molecule has 4 unspecified atom stereocenters. The third-order valence-corrected chi connectivity index (χ3v) is 5.78. The molecule has 4 atom stereocenters. The van der Waals surface area contributed by atoms with Gasteiger partial charge in [0.2, 0.25) is 0 Å². The zero-order chi connectivity index (χ0) is 14.7. The van der Waals surface area contributed by atoms with Crippen LogP contribution in [0.2, 0.25) is 0 Å². The molecule has 122 valence electrons. The summed E-state index contributed by atoms with van der Waals surface area (Å²) in [5.41, 5.74) is 0. The normalized spacial score (nSPS) is 38.6. The minimum atomic E-state index is 0.580. The van der Waals surface area contributed by atoms with Crippen LogP contribution in [0.15, 0.2) is 0 Å². The van der Waals surface area contributed by atoms with Crippen molar-refractivity contribution in [1.82, 2.24) is 15.1 Å². The predicted molar refractivity (Wildman–Crippen MR) is 86.6 cm³/mol. The molecule has 0 spiro atoms. The molecule has 3 saturated heterocycles. The fourth-order valence-corrected chi connectivity index (χ4v) is 4.56. The quantitative estimate of drug-likeness (QED) is 0.830. The van der Waals surface area contributed by atoms with Crippen molar-refractivity contribution in [3.63, 3.8) is 0 Å². The van der Waals surface area contributed by atoms with Crippen molar-refractivity contribution in [3.05, 3.63) is 0 Å². The molecule has 0 bridgehead atoms. The second kappa shape index (κ2) is 7.40. The van der Waals surface area contributed by atoms with E-state index in [1.54, 1.807) is 0 Å². The number of nitrogens with one attached hydrogen (secondary N) is 1. The van der Waals surface area contributed by atoms with Gasteiger partial charge in [0, 0.05) is 31.1 Å². The third-order valence-electron chi connectivity index (χ3n) is 5.78. The van der Waals surface area contributed by atoms with Gasteiger partial charge in [0.25, 0.3) is 0 Å². The zero-order valence-electron chi connectivity index (χ0n) is 13.9. The predicted octanol–water partition coefficient (Wildman–Crippen LogP) is 1.42. The largest absolute Gasteiger partial charge is 0.379 e.